The second-order valence-electron chi connectivity index (χ2n) is 4.04. The fourth-order valence-electron chi connectivity index (χ4n) is 1.97. The lowest BCUT2D eigenvalue weighted by Gasteiger charge is -2.22. The van der Waals surface area contributed by atoms with Gasteiger partial charge in [0.25, 0.3) is 0 Å². The van der Waals surface area contributed by atoms with Crippen LogP contribution >= 0.6 is 0 Å². The highest BCUT2D eigenvalue weighted by molar-refractivity contribution is 5.82. The molecule has 0 bridgehead atoms. The van der Waals surface area contributed by atoms with Crippen LogP contribution in [0.1, 0.15) is 6.92 Å². The van der Waals surface area contributed by atoms with Crippen molar-refractivity contribution in [3.8, 4) is 0 Å². The first-order chi connectivity index (χ1) is 8.29. The summed E-state index contributed by atoms with van der Waals surface area (Å²) in [4.78, 5) is 11.2. The van der Waals surface area contributed by atoms with E-state index < -0.39 is 0 Å². The van der Waals surface area contributed by atoms with Crippen LogP contribution in [0.5, 0.6) is 0 Å². The quantitative estimate of drug-likeness (QED) is 0.548. The predicted octanol–water partition coefficient (Wildman–Crippen LogP) is 2.96. The van der Waals surface area contributed by atoms with E-state index in [1.165, 1.54) is 6.08 Å². The fraction of sp³-hybridized carbons (Fsp3) is 0.267. The normalized spacial score (nSPS) is 25.8. The van der Waals surface area contributed by atoms with Gasteiger partial charge in [0, 0.05) is 17.9 Å². The van der Waals surface area contributed by atoms with Gasteiger partial charge in [0.15, 0.2) is 0 Å². The average molecular weight is 228 g/mol. The van der Waals surface area contributed by atoms with Gasteiger partial charge in [0.05, 0.1) is 6.61 Å². The molecule has 2 heteroatoms. The highest BCUT2D eigenvalue weighted by Gasteiger charge is 2.16. The molecule has 0 amide bonds. The summed E-state index contributed by atoms with van der Waals surface area (Å²) in [6.07, 6.45) is 18.1. The zero-order valence-electron chi connectivity index (χ0n) is 9.87. The molecule has 0 saturated carbocycles. The molecule has 0 aromatic heterocycles. The lowest BCUT2D eigenvalue weighted by Crippen LogP contribution is -2.11. The molecule has 0 aliphatic heterocycles. The Labute approximate surface area is 102 Å². The number of rotatable bonds is 3. The number of allylic oxidation sites excluding steroid dienone is 9. The molecule has 0 radical (unpaired) electrons. The molecule has 0 fully saturated rings. The van der Waals surface area contributed by atoms with Gasteiger partial charge in [0.2, 0.25) is 0 Å². The summed E-state index contributed by atoms with van der Waals surface area (Å²) in [6.45, 7) is 2.21. The van der Waals surface area contributed by atoms with Crippen molar-refractivity contribution in [1.82, 2.24) is 0 Å². The van der Waals surface area contributed by atoms with Crippen molar-refractivity contribution in [3.05, 3.63) is 60.3 Å². The van der Waals surface area contributed by atoms with Crippen LogP contribution in [0.15, 0.2) is 60.3 Å². The molecule has 2 atom stereocenters. The van der Waals surface area contributed by atoms with E-state index in [1.807, 2.05) is 6.08 Å². The monoisotopic (exact) mass is 228 g/mol. The first kappa shape index (κ1) is 11.6. The lowest BCUT2D eigenvalue weighted by molar-refractivity contribution is -0.137. The maximum absolute atomic E-state index is 11.2. The van der Waals surface area contributed by atoms with Crippen molar-refractivity contribution in [1.29, 1.82) is 0 Å². The second-order valence-corrected chi connectivity index (χ2v) is 4.04. The maximum atomic E-state index is 11.2. The minimum absolute atomic E-state index is 0.289. The Hall–Kier alpha value is -1.83. The van der Waals surface area contributed by atoms with Crippen LogP contribution in [0.25, 0.3) is 0 Å². The minimum Gasteiger partial charge on any atom is -0.463 e. The van der Waals surface area contributed by atoms with Gasteiger partial charge in [-0.3, -0.25) is 0 Å². The molecular weight excluding hydrogens is 212 g/mol. The summed E-state index contributed by atoms with van der Waals surface area (Å²) in [5.74, 6) is 0.578. The smallest absolute Gasteiger partial charge is 0.330 e. The molecule has 2 rings (SSSR count). The van der Waals surface area contributed by atoms with Crippen LogP contribution in [0.4, 0.5) is 0 Å². The molecule has 0 saturated heterocycles. The summed E-state index contributed by atoms with van der Waals surface area (Å²) < 4.78 is 4.84. The van der Waals surface area contributed by atoms with Crippen molar-refractivity contribution in [2.75, 3.05) is 6.61 Å². The van der Waals surface area contributed by atoms with Crippen LogP contribution < -0.4 is 0 Å². The third-order valence-corrected chi connectivity index (χ3v) is 2.82. The molecule has 2 nitrogen and oxygen atoms in total. The van der Waals surface area contributed by atoms with E-state index in [-0.39, 0.29) is 5.97 Å². The standard InChI is InChI=1S/C15H16O2/c1-2-17-15(16)10-8-12-7-9-13-5-3-4-6-14(13)11-12/h3-11,13-14H,2H2,1H3/b10-8+. The topological polar surface area (TPSA) is 26.3 Å². The van der Waals surface area contributed by atoms with Gasteiger partial charge in [-0.05, 0) is 18.6 Å². The number of esters is 1. The van der Waals surface area contributed by atoms with Crippen LogP contribution in [-0.4, -0.2) is 12.6 Å². The number of hydrogen-bond donors (Lipinski definition) is 0. The number of ether oxygens (including phenoxy) is 1. The maximum Gasteiger partial charge on any atom is 0.330 e. The van der Waals surface area contributed by atoms with Gasteiger partial charge in [-0.2, -0.15) is 0 Å². The number of hydrogen-bond acceptors (Lipinski definition) is 2. The second kappa shape index (κ2) is 5.48. The molecule has 17 heavy (non-hydrogen) atoms. The molecule has 0 aromatic carbocycles. The summed E-state index contributed by atoms with van der Waals surface area (Å²) in [5, 5.41) is 0. The van der Waals surface area contributed by atoms with E-state index in [0.29, 0.717) is 18.4 Å². The van der Waals surface area contributed by atoms with E-state index in [0.717, 1.165) is 5.57 Å². The number of carbonyl (C=O) groups excluding carboxylic acids is 1. The van der Waals surface area contributed by atoms with E-state index in [4.69, 9.17) is 4.74 Å². The molecule has 2 unspecified atom stereocenters. The SMILES string of the molecule is CCOC(=O)/C=C/C1=CC2C=CC=CC2C=C1. The van der Waals surface area contributed by atoms with Crippen LogP contribution in [0.3, 0.4) is 0 Å². The van der Waals surface area contributed by atoms with E-state index in [2.05, 4.69) is 36.5 Å². The van der Waals surface area contributed by atoms with E-state index in [1.54, 1.807) is 13.0 Å². The zero-order valence-corrected chi connectivity index (χ0v) is 9.87. The molecule has 2 aliphatic carbocycles. The molecule has 0 spiro atoms. The lowest BCUT2D eigenvalue weighted by atomic mass is 9.83. The molecular formula is C15H16O2. The van der Waals surface area contributed by atoms with Gasteiger partial charge in [-0.1, -0.05) is 42.5 Å². The summed E-state index contributed by atoms with van der Waals surface area (Å²) >= 11 is 0. The van der Waals surface area contributed by atoms with E-state index in [9.17, 15) is 4.79 Å². The Kier molecular flexibility index (Phi) is 3.76. The van der Waals surface area contributed by atoms with Gasteiger partial charge in [0.1, 0.15) is 0 Å². The van der Waals surface area contributed by atoms with Crippen molar-refractivity contribution in [2.24, 2.45) is 11.8 Å². The van der Waals surface area contributed by atoms with E-state index >= 15 is 0 Å². The zero-order chi connectivity index (χ0) is 12.1. The average Bonchev–Trinajstić information content (AvgIpc) is 2.36. The van der Waals surface area contributed by atoms with Crippen LogP contribution in [0, 0.1) is 11.8 Å². The Balaban J connectivity index is 2.02. The fourth-order valence-corrected chi connectivity index (χ4v) is 1.97. The van der Waals surface area contributed by atoms with Gasteiger partial charge in [-0.25, -0.2) is 4.79 Å². The third-order valence-electron chi connectivity index (χ3n) is 2.82. The summed E-state index contributed by atoms with van der Waals surface area (Å²) in [7, 11) is 0. The van der Waals surface area contributed by atoms with Crippen molar-refractivity contribution < 1.29 is 9.53 Å². The first-order valence-electron chi connectivity index (χ1n) is 5.89. The van der Waals surface area contributed by atoms with Gasteiger partial charge < -0.3 is 4.74 Å². The van der Waals surface area contributed by atoms with Crippen LogP contribution in [-0.2, 0) is 9.53 Å². The van der Waals surface area contributed by atoms with Crippen molar-refractivity contribution in [2.45, 2.75) is 6.92 Å². The largest absolute Gasteiger partial charge is 0.463 e. The highest BCUT2D eigenvalue weighted by atomic mass is 16.5. The summed E-state index contributed by atoms with van der Waals surface area (Å²) in [5.41, 5.74) is 1.05. The van der Waals surface area contributed by atoms with Crippen LogP contribution in [0.2, 0.25) is 0 Å². The van der Waals surface area contributed by atoms with Gasteiger partial charge >= 0.3 is 5.97 Å². The number of carbonyl (C=O) groups is 1. The molecule has 0 aromatic rings. The minimum atomic E-state index is -0.289. The first-order valence-corrected chi connectivity index (χ1v) is 5.89. The molecule has 88 valence electrons. The van der Waals surface area contributed by atoms with Crippen molar-refractivity contribution >= 4 is 5.97 Å². The Bertz CT molecular complexity index is 436. The highest BCUT2D eigenvalue weighted by Crippen LogP contribution is 2.28. The predicted molar refractivity (Wildman–Crippen MR) is 68.3 cm³/mol. The third kappa shape index (κ3) is 3.06. The summed E-state index contributed by atoms with van der Waals surface area (Å²) in [6, 6.07) is 0. The molecule has 2 aliphatic rings. The number of fused-ring (bicyclic) bond motifs is 1. The molecule has 0 heterocycles. The Morgan fingerprint density at radius 2 is 2.06 bits per heavy atom. The Morgan fingerprint density at radius 1 is 1.29 bits per heavy atom. The van der Waals surface area contributed by atoms with Gasteiger partial charge in [-0.15, -0.1) is 0 Å². The van der Waals surface area contributed by atoms with Crippen molar-refractivity contribution in [3.63, 3.8) is 0 Å². The molecule has 0 N–H and O–H groups in total. The Morgan fingerprint density at radius 3 is 2.82 bits per heavy atom.